The zero-order valence-corrected chi connectivity index (χ0v) is 19.4. The van der Waals surface area contributed by atoms with Crippen molar-refractivity contribution in [2.75, 3.05) is 26.3 Å². The third-order valence-corrected chi connectivity index (χ3v) is 6.89. The van der Waals surface area contributed by atoms with Crippen LogP contribution in [0.15, 0.2) is 4.52 Å². The molecule has 3 atom stereocenters. The average Bonchev–Trinajstić information content (AvgIpc) is 3.58. The summed E-state index contributed by atoms with van der Waals surface area (Å²) in [6, 6.07) is -0.657. The highest BCUT2D eigenvalue weighted by Crippen LogP contribution is 2.39. The van der Waals surface area contributed by atoms with Crippen molar-refractivity contribution in [1.82, 2.24) is 20.4 Å². The first-order valence-corrected chi connectivity index (χ1v) is 12.4. The van der Waals surface area contributed by atoms with Crippen LogP contribution in [0.5, 0.6) is 0 Å². The molecule has 2 N–H and O–H groups in total. The highest BCUT2D eigenvalue weighted by atomic mass is 16.6. The molecule has 3 aliphatic rings. The van der Waals surface area contributed by atoms with Gasteiger partial charge in [0.05, 0.1) is 19.3 Å². The Bertz CT molecular complexity index is 786. The number of carbonyl (C=O) groups excluding carboxylic acids is 2. The van der Waals surface area contributed by atoms with Gasteiger partial charge in [0.15, 0.2) is 6.10 Å². The van der Waals surface area contributed by atoms with Crippen LogP contribution in [0.4, 0.5) is 4.79 Å². The number of aromatic nitrogens is 2. The summed E-state index contributed by atoms with van der Waals surface area (Å²) in [5.41, 5.74) is 0. The standard InChI is InChI=1S/C23H36N4O6/c1-2-17(19(28)20-25-21(33-26-20)16-8-9-16)24-23(30)32-18(14-15-6-4-3-5-7-15)22(29)27-10-12-31-13-11-27/h15-19,28H,2-14H2,1H3,(H,24,30)/t17-,18+,19?/m0/s1. The van der Waals surface area contributed by atoms with E-state index in [9.17, 15) is 14.7 Å². The average molecular weight is 465 g/mol. The van der Waals surface area contributed by atoms with E-state index in [1.165, 1.54) is 6.42 Å². The molecular formula is C23H36N4O6. The van der Waals surface area contributed by atoms with Gasteiger partial charge in [0.25, 0.3) is 5.91 Å². The lowest BCUT2D eigenvalue weighted by Crippen LogP contribution is -2.49. The van der Waals surface area contributed by atoms with Crippen LogP contribution in [0.25, 0.3) is 0 Å². The predicted molar refractivity (Wildman–Crippen MR) is 117 cm³/mol. The number of hydrogen-bond acceptors (Lipinski definition) is 8. The van der Waals surface area contributed by atoms with Gasteiger partial charge in [-0.1, -0.05) is 44.2 Å². The van der Waals surface area contributed by atoms with Gasteiger partial charge < -0.3 is 29.3 Å². The fraction of sp³-hybridized carbons (Fsp3) is 0.826. The van der Waals surface area contributed by atoms with Crippen molar-refractivity contribution in [3.8, 4) is 0 Å². The second kappa shape index (κ2) is 11.3. The summed E-state index contributed by atoms with van der Waals surface area (Å²) in [6.45, 7) is 3.83. The molecule has 10 heteroatoms. The molecule has 4 rings (SSSR count). The minimum Gasteiger partial charge on any atom is -0.436 e. The Hall–Kier alpha value is -2.20. The first-order valence-electron chi connectivity index (χ1n) is 12.4. The zero-order valence-electron chi connectivity index (χ0n) is 19.4. The smallest absolute Gasteiger partial charge is 0.408 e. The molecule has 2 aliphatic carbocycles. The summed E-state index contributed by atoms with van der Waals surface area (Å²) in [5.74, 6) is 1.18. The van der Waals surface area contributed by atoms with Crippen LogP contribution in [-0.4, -0.2) is 70.6 Å². The molecule has 0 bridgehead atoms. The Balaban J connectivity index is 1.37. The first kappa shape index (κ1) is 23.9. The molecule has 0 aromatic carbocycles. The van der Waals surface area contributed by atoms with Gasteiger partial charge in [-0.05, 0) is 31.6 Å². The number of aliphatic hydroxyl groups excluding tert-OH is 1. The number of alkyl carbamates (subject to hydrolysis) is 1. The van der Waals surface area contributed by atoms with Crippen molar-refractivity contribution < 1.29 is 28.7 Å². The summed E-state index contributed by atoms with van der Waals surface area (Å²) >= 11 is 0. The maximum absolute atomic E-state index is 13.2. The molecular weight excluding hydrogens is 428 g/mol. The van der Waals surface area contributed by atoms with Crippen molar-refractivity contribution >= 4 is 12.0 Å². The largest absolute Gasteiger partial charge is 0.436 e. The molecule has 184 valence electrons. The van der Waals surface area contributed by atoms with Crippen LogP contribution in [0, 0.1) is 5.92 Å². The molecule has 33 heavy (non-hydrogen) atoms. The monoisotopic (exact) mass is 464 g/mol. The van der Waals surface area contributed by atoms with Gasteiger partial charge in [-0.25, -0.2) is 4.79 Å². The van der Waals surface area contributed by atoms with E-state index in [4.69, 9.17) is 14.0 Å². The van der Waals surface area contributed by atoms with Gasteiger partial charge in [-0.3, -0.25) is 4.79 Å². The van der Waals surface area contributed by atoms with E-state index < -0.39 is 24.3 Å². The molecule has 10 nitrogen and oxygen atoms in total. The van der Waals surface area contributed by atoms with E-state index in [2.05, 4.69) is 15.5 Å². The Labute approximate surface area is 194 Å². The third-order valence-electron chi connectivity index (χ3n) is 6.89. The fourth-order valence-corrected chi connectivity index (χ4v) is 4.67. The number of ether oxygens (including phenoxy) is 2. The third kappa shape index (κ3) is 6.44. The first-order chi connectivity index (χ1) is 16.0. The van der Waals surface area contributed by atoms with Crippen molar-refractivity contribution in [3.63, 3.8) is 0 Å². The predicted octanol–water partition coefficient (Wildman–Crippen LogP) is 2.68. The fourth-order valence-electron chi connectivity index (χ4n) is 4.67. The molecule has 2 heterocycles. The highest BCUT2D eigenvalue weighted by molar-refractivity contribution is 5.83. The Morgan fingerprint density at radius 3 is 2.58 bits per heavy atom. The molecule has 1 aromatic heterocycles. The van der Waals surface area contributed by atoms with E-state index in [0.717, 1.165) is 38.5 Å². The van der Waals surface area contributed by atoms with Gasteiger partial charge in [-0.2, -0.15) is 4.98 Å². The summed E-state index contributed by atoms with van der Waals surface area (Å²) in [6.07, 6.45) is 5.93. The van der Waals surface area contributed by atoms with Crippen LogP contribution in [-0.2, 0) is 14.3 Å². The summed E-state index contributed by atoms with van der Waals surface area (Å²) < 4.78 is 16.3. The maximum atomic E-state index is 13.2. The Morgan fingerprint density at radius 2 is 1.91 bits per heavy atom. The molecule has 1 unspecified atom stereocenters. The van der Waals surface area contributed by atoms with Gasteiger partial charge in [0.1, 0.15) is 6.10 Å². The normalized spacial score (nSPS) is 22.4. The van der Waals surface area contributed by atoms with Gasteiger partial charge in [-0.15, -0.1) is 0 Å². The second-order valence-corrected chi connectivity index (χ2v) is 9.44. The van der Waals surface area contributed by atoms with Crippen molar-refractivity contribution in [2.45, 2.75) is 88.9 Å². The number of morpholine rings is 1. The minimum absolute atomic E-state index is 0.159. The van der Waals surface area contributed by atoms with Crippen LogP contribution in [0.1, 0.15) is 88.4 Å². The molecule has 0 spiro atoms. The second-order valence-electron chi connectivity index (χ2n) is 9.44. The minimum atomic E-state index is -1.12. The molecule has 3 fully saturated rings. The number of hydrogen-bond donors (Lipinski definition) is 2. The van der Waals surface area contributed by atoms with E-state index in [1.807, 2.05) is 6.92 Å². The molecule has 2 saturated carbocycles. The van der Waals surface area contributed by atoms with Crippen molar-refractivity contribution in [1.29, 1.82) is 0 Å². The summed E-state index contributed by atoms with van der Waals surface area (Å²) in [4.78, 5) is 32.0. The molecule has 1 aromatic rings. The number of amides is 2. The van der Waals surface area contributed by atoms with Crippen LogP contribution in [0.2, 0.25) is 0 Å². The molecule has 0 radical (unpaired) electrons. The number of carbonyl (C=O) groups is 2. The van der Waals surface area contributed by atoms with Gasteiger partial charge in [0, 0.05) is 19.0 Å². The SMILES string of the molecule is CC[C@H](NC(=O)O[C@H](CC1CCCCC1)C(=O)N1CCOCC1)C(O)c1noc(C2CC2)n1. The van der Waals surface area contributed by atoms with Crippen molar-refractivity contribution in [2.24, 2.45) is 5.92 Å². The number of rotatable bonds is 9. The number of nitrogens with one attached hydrogen (secondary N) is 1. The van der Waals surface area contributed by atoms with Gasteiger partial charge in [0.2, 0.25) is 11.7 Å². The van der Waals surface area contributed by atoms with E-state index >= 15 is 0 Å². The molecule has 2 amide bonds. The van der Waals surface area contributed by atoms with E-state index in [1.54, 1.807) is 4.90 Å². The lowest BCUT2D eigenvalue weighted by Gasteiger charge is -2.32. The number of aliphatic hydroxyl groups is 1. The quantitative estimate of drug-likeness (QED) is 0.571. The van der Waals surface area contributed by atoms with Gasteiger partial charge >= 0.3 is 6.09 Å². The summed E-state index contributed by atoms with van der Waals surface area (Å²) in [7, 11) is 0. The van der Waals surface area contributed by atoms with E-state index in [0.29, 0.717) is 51.0 Å². The lowest BCUT2D eigenvalue weighted by molar-refractivity contribution is -0.145. The number of nitrogens with zero attached hydrogens (tertiary/aromatic N) is 3. The lowest BCUT2D eigenvalue weighted by atomic mass is 9.85. The van der Waals surface area contributed by atoms with Crippen LogP contribution < -0.4 is 5.32 Å². The molecule has 1 aliphatic heterocycles. The van der Waals surface area contributed by atoms with Crippen LogP contribution in [0.3, 0.4) is 0 Å². The van der Waals surface area contributed by atoms with Crippen LogP contribution >= 0.6 is 0 Å². The van der Waals surface area contributed by atoms with E-state index in [-0.39, 0.29) is 17.6 Å². The Morgan fingerprint density at radius 1 is 1.18 bits per heavy atom. The van der Waals surface area contributed by atoms with Crippen molar-refractivity contribution in [3.05, 3.63) is 11.7 Å². The summed E-state index contributed by atoms with van der Waals surface area (Å²) in [5, 5.41) is 17.3. The topological polar surface area (TPSA) is 127 Å². The highest BCUT2D eigenvalue weighted by Gasteiger charge is 2.35. The zero-order chi connectivity index (χ0) is 23.2. The Kier molecular flexibility index (Phi) is 8.19. The maximum Gasteiger partial charge on any atom is 0.408 e. The molecule has 1 saturated heterocycles.